The van der Waals surface area contributed by atoms with Gasteiger partial charge in [-0.15, -0.1) is 0 Å². The molecule has 0 amide bonds. The minimum atomic E-state index is -0.386. The molecule has 1 fully saturated rings. The predicted molar refractivity (Wildman–Crippen MR) is 95.8 cm³/mol. The maximum atomic E-state index is 12.9. The Labute approximate surface area is 149 Å². The topological polar surface area (TPSA) is 84.7 Å². The summed E-state index contributed by atoms with van der Waals surface area (Å²) in [6, 6.07) is 0. The van der Waals surface area contributed by atoms with Crippen LogP contribution in [0.1, 0.15) is 18.5 Å². The smallest absolute Gasteiger partial charge is 0.332 e. The molecule has 0 aromatic carbocycles. The Balaban J connectivity index is 1.93. The van der Waals surface area contributed by atoms with Crippen LogP contribution in [0.3, 0.4) is 0 Å². The maximum Gasteiger partial charge on any atom is 0.332 e. The van der Waals surface area contributed by atoms with Gasteiger partial charge in [-0.25, -0.2) is 4.79 Å². The van der Waals surface area contributed by atoms with Gasteiger partial charge in [0.05, 0.1) is 25.8 Å². The molecule has 4 rings (SSSR count). The fourth-order valence-corrected chi connectivity index (χ4v) is 3.65. The van der Waals surface area contributed by atoms with Crippen LogP contribution in [-0.2, 0) is 29.6 Å². The van der Waals surface area contributed by atoms with Crippen LogP contribution in [0.4, 0.5) is 0 Å². The van der Waals surface area contributed by atoms with Gasteiger partial charge >= 0.3 is 5.69 Å². The van der Waals surface area contributed by atoms with Gasteiger partial charge in [-0.05, 0) is 19.8 Å². The molecule has 0 unspecified atom stereocenters. The summed E-state index contributed by atoms with van der Waals surface area (Å²) in [7, 11) is 3.18. The molecular weight excluding hydrogens is 338 g/mol. The Morgan fingerprint density at radius 3 is 2.85 bits per heavy atom. The van der Waals surface area contributed by atoms with E-state index in [4.69, 9.17) is 9.47 Å². The van der Waals surface area contributed by atoms with Gasteiger partial charge in [0.15, 0.2) is 11.2 Å². The predicted octanol–water partition coefficient (Wildman–Crippen LogP) is 0.283. The maximum absolute atomic E-state index is 12.9. The second-order valence-electron chi connectivity index (χ2n) is 6.76. The standard InChI is InChI=1S/C17H23N5O4/c1-11-9-22-13-14(18-16(22)21(11)10-12-5-4-7-26-12)19(2)17(24)20(15(13)23)6-8-25-3/h9,12H,4-8,10H2,1-3H3/t12-/m0/s1. The Hall–Kier alpha value is -2.39. The summed E-state index contributed by atoms with van der Waals surface area (Å²) < 4.78 is 17.2. The average Bonchev–Trinajstić information content (AvgIpc) is 3.31. The lowest BCUT2D eigenvalue weighted by Crippen LogP contribution is -2.40. The quantitative estimate of drug-likeness (QED) is 0.652. The summed E-state index contributed by atoms with van der Waals surface area (Å²) >= 11 is 0. The molecule has 0 radical (unpaired) electrons. The van der Waals surface area contributed by atoms with Crippen molar-refractivity contribution in [2.75, 3.05) is 20.3 Å². The SMILES string of the molecule is COCCn1c(=O)c2c(nc3n(C[C@@H]4CCCO4)c(C)cn23)n(C)c1=O. The highest BCUT2D eigenvalue weighted by molar-refractivity contribution is 5.75. The fourth-order valence-electron chi connectivity index (χ4n) is 3.65. The van der Waals surface area contributed by atoms with Crippen LogP contribution in [-0.4, -0.2) is 49.5 Å². The highest BCUT2D eigenvalue weighted by atomic mass is 16.5. The zero-order valence-corrected chi connectivity index (χ0v) is 15.3. The molecule has 0 saturated carbocycles. The Kier molecular flexibility index (Phi) is 4.20. The first-order valence-electron chi connectivity index (χ1n) is 8.81. The lowest BCUT2D eigenvalue weighted by molar-refractivity contribution is 0.0974. The molecule has 1 aliphatic rings. The molecule has 1 saturated heterocycles. The molecule has 140 valence electrons. The Bertz CT molecular complexity index is 1080. The lowest BCUT2D eigenvalue weighted by Gasteiger charge is -2.11. The van der Waals surface area contributed by atoms with Crippen LogP contribution in [0.25, 0.3) is 16.9 Å². The van der Waals surface area contributed by atoms with Crippen LogP contribution in [0.15, 0.2) is 15.8 Å². The second kappa shape index (κ2) is 6.40. The van der Waals surface area contributed by atoms with Crippen molar-refractivity contribution in [1.29, 1.82) is 0 Å². The molecule has 1 atom stereocenters. The van der Waals surface area contributed by atoms with Gasteiger partial charge in [0.1, 0.15) is 0 Å². The molecule has 3 aromatic heterocycles. The van der Waals surface area contributed by atoms with Crippen LogP contribution < -0.4 is 11.2 Å². The highest BCUT2D eigenvalue weighted by Gasteiger charge is 2.23. The summed E-state index contributed by atoms with van der Waals surface area (Å²) in [4.78, 5) is 30.1. The van der Waals surface area contributed by atoms with Gasteiger partial charge in [0.25, 0.3) is 5.56 Å². The Morgan fingerprint density at radius 2 is 2.15 bits per heavy atom. The summed E-state index contributed by atoms with van der Waals surface area (Å²) in [6.07, 6.45) is 4.14. The van der Waals surface area contributed by atoms with Crippen LogP contribution in [0, 0.1) is 6.92 Å². The van der Waals surface area contributed by atoms with Crippen molar-refractivity contribution in [3.63, 3.8) is 0 Å². The molecular formula is C17H23N5O4. The number of nitrogens with zero attached hydrogens (tertiary/aromatic N) is 5. The number of imidazole rings is 2. The van der Waals surface area contributed by atoms with E-state index < -0.39 is 0 Å². The molecule has 1 aliphatic heterocycles. The average molecular weight is 361 g/mol. The summed E-state index contributed by atoms with van der Waals surface area (Å²) in [6.45, 7) is 3.97. The van der Waals surface area contributed by atoms with Gasteiger partial charge < -0.3 is 14.0 Å². The van der Waals surface area contributed by atoms with Gasteiger partial charge in [-0.3, -0.25) is 18.3 Å². The van der Waals surface area contributed by atoms with Crippen molar-refractivity contribution in [1.82, 2.24) is 23.1 Å². The van der Waals surface area contributed by atoms with E-state index in [1.807, 2.05) is 13.1 Å². The van der Waals surface area contributed by atoms with E-state index in [1.165, 1.54) is 9.13 Å². The zero-order valence-electron chi connectivity index (χ0n) is 15.3. The van der Waals surface area contributed by atoms with E-state index in [0.717, 1.165) is 25.1 Å². The second-order valence-corrected chi connectivity index (χ2v) is 6.76. The minimum absolute atomic E-state index is 0.159. The zero-order chi connectivity index (χ0) is 18.4. The minimum Gasteiger partial charge on any atom is -0.383 e. The number of methoxy groups -OCH3 is 1. The molecule has 0 aliphatic carbocycles. The largest absolute Gasteiger partial charge is 0.383 e. The van der Waals surface area contributed by atoms with Crippen LogP contribution in [0.5, 0.6) is 0 Å². The van der Waals surface area contributed by atoms with E-state index in [0.29, 0.717) is 30.1 Å². The molecule has 4 heterocycles. The van der Waals surface area contributed by atoms with E-state index in [2.05, 4.69) is 9.55 Å². The van der Waals surface area contributed by atoms with Gasteiger partial charge in [-0.1, -0.05) is 0 Å². The van der Waals surface area contributed by atoms with Crippen LogP contribution in [0.2, 0.25) is 0 Å². The first-order chi connectivity index (χ1) is 12.5. The van der Waals surface area contributed by atoms with Crippen molar-refractivity contribution in [3.05, 3.63) is 32.7 Å². The first-order valence-corrected chi connectivity index (χ1v) is 8.81. The highest BCUT2D eigenvalue weighted by Crippen LogP contribution is 2.20. The third-order valence-corrected chi connectivity index (χ3v) is 5.07. The van der Waals surface area contributed by atoms with Crippen LogP contribution >= 0.6 is 0 Å². The molecule has 0 spiro atoms. The van der Waals surface area contributed by atoms with Gasteiger partial charge in [0, 0.05) is 32.7 Å². The molecule has 0 bridgehead atoms. The number of hydrogen-bond donors (Lipinski definition) is 0. The molecule has 9 heteroatoms. The van der Waals surface area contributed by atoms with E-state index in [1.54, 1.807) is 18.6 Å². The Morgan fingerprint density at radius 1 is 1.35 bits per heavy atom. The number of aryl methyl sites for hydroxylation is 2. The number of ether oxygens (including phenoxy) is 2. The van der Waals surface area contributed by atoms with Crippen molar-refractivity contribution < 1.29 is 9.47 Å². The van der Waals surface area contributed by atoms with Crippen molar-refractivity contribution >= 4 is 16.9 Å². The van der Waals surface area contributed by atoms with Gasteiger partial charge in [-0.2, -0.15) is 4.98 Å². The third kappa shape index (κ3) is 2.50. The van der Waals surface area contributed by atoms with E-state index >= 15 is 0 Å². The number of aromatic nitrogens is 5. The molecule has 26 heavy (non-hydrogen) atoms. The molecule has 3 aromatic rings. The summed E-state index contributed by atoms with van der Waals surface area (Å²) in [5, 5.41) is 0. The van der Waals surface area contributed by atoms with E-state index in [9.17, 15) is 9.59 Å². The third-order valence-electron chi connectivity index (χ3n) is 5.07. The van der Waals surface area contributed by atoms with Crippen molar-refractivity contribution in [2.45, 2.75) is 39.0 Å². The summed E-state index contributed by atoms with van der Waals surface area (Å²) in [5.41, 5.74) is 1.07. The fraction of sp³-hybridized carbons (Fsp3) is 0.588. The number of fused-ring (bicyclic) bond motifs is 3. The monoisotopic (exact) mass is 361 g/mol. The lowest BCUT2D eigenvalue weighted by atomic mass is 10.2. The first kappa shape index (κ1) is 17.0. The number of hydrogen-bond acceptors (Lipinski definition) is 5. The van der Waals surface area contributed by atoms with E-state index in [-0.39, 0.29) is 23.9 Å². The molecule has 9 nitrogen and oxygen atoms in total. The number of rotatable bonds is 5. The van der Waals surface area contributed by atoms with Gasteiger partial charge in [0.2, 0.25) is 5.78 Å². The molecule has 0 N–H and O–H groups in total. The van der Waals surface area contributed by atoms with Crippen molar-refractivity contribution in [3.8, 4) is 0 Å². The van der Waals surface area contributed by atoms with Crippen molar-refractivity contribution in [2.24, 2.45) is 7.05 Å². The summed E-state index contributed by atoms with van der Waals surface area (Å²) in [5.74, 6) is 0.657. The normalized spacial score (nSPS) is 17.7.